The summed E-state index contributed by atoms with van der Waals surface area (Å²) in [5.74, 6) is -0.131. The Morgan fingerprint density at radius 1 is 1.41 bits per heavy atom. The molecule has 1 aromatic carbocycles. The Labute approximate surface area is 95.9 Å². The molecule has 4 nitrogen and oxygen atoms in total. The second-order valence-electron chi connectivity index (χ2n) is 3.96. The number of rotatable bonds is 1. The summed E-state index contributed by atoms with van der Waals surface area (Å²) in [5.41, 5.74) is 0.791. The van der Waals surface area contributed by atoms with Gasteiger partial charge in [0.2, 0.25) is 0 Å². The molecule has 2 aromatic rings. The van der Waals surface area contributed by atoms with E-state index in [1.165, 1.54) is 18.2 Å². The van der Waals surface area contributed by atoms with Crippen LogP contribution in [0, 0.1) is 5.82 Å². The fourth-order valence-electron chi connectivity index (χ4n) is 2.23. The normalized spacial score (nSPS) is 13.8. The van der Waals surface area contributed by atoms with Gasteiger partial charge in [0.05, 0.1) is 24.1 Å². The first-order valence-corrected chi connectivity index (χ1v) is 5.30. The molecule has 0 atom stereocenters. The van der Waals surface area contributed by atoms with E-state index in [0.29, 0.717) is 30.1 Å². The topological polar surface area (TPSA) is 51.5 Å². The zero-order valence-corrected chi connectivity index (χ0v) is 8.94. The third-order valence-corrected chi connectivity index (χ3v) is 2.95. The number of aliphatic hydroxyl groups is 1. The fourth-order valence-corrected chi connectivity index (χ4v) is 2.23. The van der Waals surface area contributed by atoms with Crippen molar-refractivity contribution in [2.45, 2.75) is 13.2 Å². The van der Waals surface area contributed by atoms with Crippen molar-refractivity contribution in [3.63, 3.8) is 0 Å². The molecular formula is C12H10FNO3. The van der Waals surface area contributed by atoms with E-state index in [0.717, 1.165) is 0 Å². The summed E-state index contributed by atoms with van der Waals surface area (Å²) in [4.78, 5) is 11.8. The van der Waals surface area contributed by atoms with E-state index in [-0.39, 0.29) is 17.4 Å². The van der Waals surface area contributed by atoms with Crippen molar-refractivity contribution in [3.8, 4) is 5.75 Å². The van der Waals surface area contributed by atoms with Crippen molar-refractivity contribution < 1.29 is 14.2 Å². The van der Waals surface area contributed by atoms with E-state index >= 15 is 0 Å². The molecule has 3 rings (SSSR count). The van der Waals surface area contributed by atoms with Crippen LogP contribution >= 0.6 is 0 Å². The number of ether oxygens (including phenoxy) is 1. The van der Waals surface area contributed by atoms with E-state index in [1.54, 1.807) is 4.57 Å². The summed E-state index contributed by atoms with van der Waals surface area (Å²) in [7, 11) is 0. The Kier molecular flexibility index (Phi) is 2.16. The average molecular weight is 235 g/mol. The van der Waals surface area contributed by atoms with Gasteiger partial charge in [0, 0.05) is 17.8 Å². The lowest BCUT2D eigenvalue weighted by Gasteiger charge is -2.23. The van der Waals surface area contributed by atoms with Gasteiger partial charge in [-0.2, -0.15) is 0 Å². The first-order chi connectivity index (χ1) is 8.20. The quantitative estimate of drug-likeness (QED) is 0.803. The van der Waals surface area contributed by atoms with E-state index < -0.39 is 5.82 Å². The predicted molar refractivity (Wildman–Crippen MR) is 59.6 cm³/mol. The maximum absolute atomic E-state index is 13.3. The first-order valence-electron chi connectivity index (χ1n) is 5.30. The summed E-state index contributed by atoms with van der Waals surface area (Å²) in [6.07, 6.45) is 0. The Hall–Kier alpha value is -1.88. The van der Waals surface area contributed by atoms with Crippen LogP contribution in [0.2, 0.25) is 0 Å². The molecule has 0 fully saturated rings. The standard InChI is InChI=1S/C12H10FNO3/c13-7-3-9-10(16)5-8(6-15)14-1-2-17-11(4-7)12(9)14/h3-5,15H,1-2,6H2. The molecular weight excluding hydrogens is 225 g/mol. The van der Waals surface area contributed by atoms with Gasteiger partial charge in [-0.15, -0.1) is 0 Å². The molecule has 0 amide bonds. The van der Waals surface area contributed by atoms with E-state index in [4.69, 9.17) is 4.74 Å². The minimum absolute atomic E-state index is 0.220. The number of aromatic nitrogens is 1. The largest absolute Gasteiger partial charge is 0.489 e. The number of hydrogen-bond acceptors (Lipinski definition) is 3. The highest BCUT2D eigenvalue weighted by Gasteiger charge is 2.18. The molecule has 0 bridgehead atoms. The van der Waals surface area contributed by atoms with Crippen molar-refractivity contribution >= 4 is 10.9 Å². The molecule has 1 N–H and O–H groups in total. The lowest BCUT2D eigenvalue weighted by atomic mass is 10.1. The SMILES string of the molecule is O=c1cc(CO)n2c3c(cc(F)cc13)OCC2. The average Bonchev–Trinajstić information content (AvgIpc) is 2.33. The highest BCUT2D eigenvalue weighted by atomic mass is 19.1. The van der Waals surface area contributed by atoms with Gasteiger partial charge in [0.1, 0.15) is 18.2 Å². The van der Waals surface area contributed by atoms with Crippen molar-refractivity contribution in [2.75, 3.05) is 6.61 Å². The van der Waals surface area contributed by atoms with Crippen LogP contribution in [0.3, 0.4) is 0 Å². The van der Waals surface area contributed by atoms with Crippen LogP contribution in [0.4, 0.5) is 4.39 Å². The smallest absolute Gasteiger partial charge is 0.190 e. The maximum Gasteiger partial charge on any atom is 0.190 e. The third kappa shape index (κ3) is 1.43. The molecule has 0 saturated heterocycles. The number of pyridine rings is 1. The molecule has 0 spiro atoms. The zero-order chi connectivity index (χ0) is 12.0. The number of halogens is 1. The van der Waals surface area contributed by atoms with Crippen LogP contribution in [0.1, 0.15) is 5.69 Å². The van der Waals surface area contributed by atoms with E-state index in [1.807, 2.05) is 0 Å². The summed E-state index contributed by atoms with van der Waals surface area (Å²) >= 11 is 0. The molecule has 0 saturated carbocycles. The maximum atomic E-state index is 13.3. The van der Waals surface area contributed by atoms with Crippen LogP contribution in [0.25, 0.3) is 10.9 Å². The van der Waals surface area contributed by atoms with Crippen molar-refractivity contribution in [3.05, 3.63) is 39.9 Å². The minimum atomic E-state index is -0.491. The van der Waals surface area contributed by atoms with Crippen LogP contribution in [-0.2, 0) is 13.2 Å². The zero-order valence-electron chi connectivity index (χ0n) is 8.94. The van der Waals surface area contributed by atoms with Gasteiger partial charge >= 0.3 is 0 Å². The Morgan fingerprint density at radius 2 is 2.24 bits per heavy atom. The number of nitrogens with zero attached hydrogens (tertiary/aromatic N) is 1. The lowest BCUT2D eigenvalue weighted by Crippen LogP contribution is -2.22. The molecule has 0 radical (unpaired) electrons. The van der Waals surface area contributed by atoms with Gasteiger partial charge in [0.15, 0.2) is 5.43 Å². The van der Waals surface area contributed by atoms with Crippen molar-refractivity contribution in [1.29, 1.82) is 0 Å². The Balaban J connectivity index is 2.52. The van der Waals surface area contributed by atoms with E-state index in [9.17, 15) is 14.3 Å². The molecule has 0 aliphatic carbocycles. The molecule has 1 aliphatic heterocycles. The number of aliphatic hydroxyl groups excluding tert-OH is 1. The second kappa shape index (κ2) is 3.56. The van der Waals surface area contributed by atoms with Crippen molar-refractivity contribution in [2.24, 2.45) is 0 Å². The van der Waals surface area contributed by atoms with Gasteiger partial charge < -0.3 is 14.4 Å². The van der Waals surface area contributed by atoms with Gasteiger partial charge in [0.25, 0.3) is 0 Å². The van der Waals surface area contributed by atoms with Gasteiger partial charge in [-0.1, -0.05) is 0 Å². The van der Waals surface area contributed by atoms with Crippen molar-refractivity contribution in [1.82, 2.24) is 4.57 Å². The Bertz CT molecular complexity index is 663. The fraction of sp³-hybridized carbons (Fsp3) is 0.250. The molecule has 1 aromatic heterocycles. The van der Waals surface area contributed by atoms with Crippen LogP contribution in [0.5, 0.6) is 5.75 Å². The van der Waals surface area contributed by atoms with Gasteiger partial charge in [-0.3, -0.25) is 4.79 Å². The minimum Gasteiger partial charge on any atom is -0.489 e. The Morgan fingerprint density at radius 3 is 3.00 bits per heavy atom. The predicted octanol–water partition coefficient (Wildman–Crippen LogP) is 1.03. The third-order valence-electron chi connectivity index (χ3n) is 2.95. The molecule has 5 heteroatoms. The summed E-state index contributed by atoms with van der Waals surface area (Å²) in [5, 5.41) is 9.52. The molecule has 1 aliphatic rings. The lowest BCUT2D eigenvalue weighted by molar-refractivity contribution is 0.250. The van der Waals surface area contributed by atoms with Crippen LogP contribution < -0.4 is 10.2 Å². The highest BCUT2D eigenvalue weighted by Crippen LogP contribution is 2.29. The first kappa shape index (κ1) is 10.3. The number of hydrogen-bond donors (Lipinski definition) is 1. The second-order valence-corrected chi connectivity index (χ2v) is 3.96. The summed E-state index contributed by atoms with van der Waals surface area (Å²) < 4.78 is 20.5. The van der Waals surface area contributed by atoms with Crippen LogP contribution in [0.15, 0.2) is 23.0 Å². The van der Waals surface area contributed by atoms with E-state index in [2.05, 4.69) is 0 Å². The van der Waals surface area contributed by atoms with Gasteiger partial charge in [-0.25, -0.2) is 4.39 Å². The molecule has 17 heavy (non-hydrogen) atoms. The monoisotopic (exact) mass is 235 g/mol. The summed E-state index contributed by atoms with van der Waals surface area (Å²) in [6, 6.07) is 3.81. The molecule has 0 unspecified atom stereocenters. The summed E-state index contributed by atoms with van der Waals surface area (Å²) in [6.45, 7) is 0.731. The van der Waals surface area contributed by atoms with Gasteiger partial charge in [-0.05, 0) is 6.07 Å². The van der Waals surface area contributed by atoms with Crippen LogP contribution in [-0.4, -0.2) is 16.3 Å². The molecule has 88 valence electrons. The number of benzene rings is 1. The molecule has 2 heterocycles. The highest BCUT2D eigenvalue weighted by molar-refractivity contribution is 5.85.